The van der Waals surface area contributed by atoms with Crippen LogP contribution in [0.3, 0.4) is 0 Å². The van der Waals surface area contributed by atoms with E-state index in [0.717, 1.165) is 22.4 Å². The Kier molecular flexibility index (Phi) is 3.10. The van der Waals surface area contributed by atoms with E-state index in [-0.39, 0.29) is 18.9 Å². The van der Waals surface area contributed by atoms with Crippen LogP contribution in [0.5, 0.6) is 0 Å². The molecular formula is C14H18N2O3. The van der Waals surface area contributed by atoms with Crippen LogP contribution in [-0.2, 0) is 16.0 Å². The van der Waals surface area contributed by atoms with Crippen LogP contribution in [0.1, 0.15) is 23.6 Å². The third kappa shape index (κ3) is 2.10. The third-order valence-corrected chi connectivity index (χ3v) is 3.73. The van der Waals surface area contributed by atoms with Gasteiger partial charge < -0.3 is 15.7 Å². The molecule has 0 aromatic heterocycles. The molecule has 1 heterocycles. The van der Waals surface area contributed by atoms with Crippen molar-refractivity contribution in [1.82, 2.24) is 0 Å². The summed E-state index contributed by atoms with van der Waals surface area (Å²) < 4.78 is 0. The quantitative estimate of drug-likeness (QED) is 0.790. The molecule has 5 heteroatoms. The Morgan fingerprint density at radius 3 is 2.42 bits per heavy atom. The first-order chi connectivity index (χ1) is 8.76. The van der Waals surface area contributed by atoms with Crippen LogP contribution in [0.25, 0.3) is 0 Å². The first-order valence-corrected chi connectivity index (χ1v) is 6.16. The zero-order valence-electron chi connectivity index (χ0n) is 11.4. The van der Waals surface area contributed by atoms with E-state index in [2.05, 4.69) is 0 Å². The number of anilines is 1. The van der Waals surface area contributed by atoms with Gasteiger partial charge in [0.2, 0.25) is 5.91 Å². The van der Waals surface area contributed by atoms with E-state index in [1.54, 1.807) is 0 Å². The summed E-state index contributed by atoms with van der Waals surface area (Å²) in [4.78, 5) is 24.7. The summed E-state index contributed by atoms with van der Waals surface area (Å²) in [5, 5.41) is 9.32. The van der Waals surface area contributed by atoms with Crippen molar-refractivity contribution in [2.24, 2.45) is 5.73 Å². The van der Waals surface area contributed by atoms with Crippen LogP contribution in [0.4, 0.5) is 5.69 Å². The van der Waals surface area contributed by atoms with Crippen molar-refractivity contribution in [3.8, 4) is 0 Å². The molecule has 2 rings (SSSR count). The molecule has 1 aliphatic rings. The maximum Gasteiger partial charge on any atom is 0.325 e. The van der Waals surface area contributed by atoms with E-state index < -0.39 is 11.5 Å². The molecule has 102 valence electrons. The maximum absolute atomic E-state index is 11.8. The minimum atomic E-state index is -1.42. The number of fused-ring (bicyclic) bond motifs is 1. The van der Waals surface area contributed by atoms with Crippen molar-refractivity contribution < 1.29 is 14.7 Å². The fourth-order valence-corrected chi connectivity index (χ4v) is 2.60. The van der Waals surface area contributed by atoms with Crippen LogP contribution < -0.4 is 10.6 Å². The van der Waals surface area contributed by atoms with Gasteiger partial charge in [-0.3, -0.25) is 9.59 Å². The van der Waals surface area contributed by atoms with E-state index >= 15 is 0 Å². The fraction of sp³-hybridized carbons (Fsp3) is 0.429. The molecule has 0 aliphatic carbocycles. The van der Waals surface area contributed by atoms with E-state index in [9.17, 15) is 14.7 Å². The molecule has 0 saturated heterocycles. The summed E-state index contributed by atoms with van der Waals surface area (Å²) in [6.07, 6.45) is 0.245. The SMILES string of the molecule is CC(=O)N1CC(N)(C(=O)O)Cc2c(C)ccc(C)c21. The summed E-state index contributed by atoms with van der Waals surface area (Å²) in [7, 11) is 0. The van der Waals surface area contributed by atoms with Crippen LogP contribution in [-0.4, -0.2) is 29.1 Å². The van der Waals surface area contributed by atoms with Gasteiger partial charge in [-0.1, -0.05) is 12.1 Å². The average molecular weight is 262 g/mol. The summed E-state index contributed by atoms with van der Waals surface area (Å²) in [6.45, 7) is 5.26. The fourth-order valence-electron chi connectivity index (χ4n) is 2.60. The number of aliphatic carboxylic acids is 1. The van der Waals surface area contributed by atoms with E-state index in [0.29, 0.717) is 0 Å². The van der Waals surface area contributed by atoms with Gasteiger partial charge in [-0.25, -0.2) is 0 Å². The highest BCUT2D eigenvalue weighted by atomic mass is 16.4. The van der Waals surface area contributed by atoms with Crippen LogP contribution in [0, 0.1) is 13.8 Å². The number of hydrogen-bond donors (Lipinski definition) is 2. The lowest BCUT2D eigenvalue weighted by Gasteiger charge is -2.39. The Morgan fingerprint density at radius 2 is 1.89 bits per heavy atom. The minimum absolute atomic E-state index is 0.00889. The van der Waals surface area contributed by atoms with Gasteiger partial charge >= 0.3 is 5.97 Å². The Hall–Kier alpha value is -1.88. The molecule has 1 amide bonds. The number of carbonyl (C=O) groups excluding carboxylic acids is 1. The molecule has 0 spiro atoms. The summed E-state index contributed by atoms with van der Waals surface area (Å²) in [5.41, 5.74) is 8.14. The topological polar surface area (TPSA) is 83.6 Å². The van der Waals surface area contributed by atoms with Crippen molar-refractivity contribution in [2.45, 2.75) is 32.7 Å². The zero-order chi connectivity index (χ0) is 14.4. The third-order valence-electron chi connectivity index (χ3n) is 3.73. The standard InChI is InChI=1S/C14H18N2O3/c1-8-4-5-9(2)12-11(8)6-14(15,13(18)19)7-16(12)10(3)17/h4-5H,6-7,15H2,1-3H3,(H,18,19). The lowest BCUT2D eigenvalue weighted by molar-refractivity contribution is -0.143. The summed E-state index contributed by atoms with van der Waals surface area (Å²) in [6, 6.07) is 3.87. The highest BCUT2D eigenvalue weighted by molar-refractivity contribution is 5.97. The molecular weight excluding hydrogens is 244 g/mol. The van der Waals surface area contributed by atoms with Crippen LogP contribution in [0.15, 0.2) is 12.1 Å². The Balaban J connectivity index is 2.66. The zero-order valence-corrected chi connectivity index (χ0v) is 11.4. The molecule has 1 aromatic carbocycles. The van der Waals surface area contributed by atoms with Crippen molar-refractivity contribution in [3.05, 3.63) is 28.8 Å². The summed E-state index contributed by atoms with van der Waals surface area (Å²) >= 11 is 0. The minimum Gasteiger partial charge on any atom is -0.480 e. The van der Waals surface area contributed by atoms with Gasteiger partial charge in [-0.05, 0) is 30.5 Å². The molecule has 0 fully saturated rings. The number of carbonyl (C=O) groups is 2. The van der Waals surface area contributed by atoms with Crippen molar-refractivity contribution in [1.29, 1.82) is 0 Å². The number of rotatable bonds is 1. The largest absolute Gasteiger partial charge is 0.480 e. The van der Waals surface area contributed by atoms with Gasteiger partial charge in [0, 0.05) is 13.3 Å². The van der Waals surface area contributed by atoms with Gasteiger partial charge in [-0.2, -0.15) is 0 Å². The normalized spacial score (nSPS) is 22.0. The second-order valence-corrected chi connectivity index (χ2v) is 5.27. The Morgan fingerprint density at radius 1 is 1.32 bits per heavy atom. The van der Waals surface area contributed by atoms with Gasteiger partial charge in [0.05, 0.1) is 12.2 Å². The number of amides is 1. The number of carboxylic acids is 1. The van der Waals surface area contributed by atoms with Gasteiger partial charge in [-0.15, -0.1) is 0 Å². The molecule has 1 aliphatic heterocycles. The number of nitrogens with two attached hydrogens (primary N) is 1. The highest BCUT2D eigenvalue weighted by Gasteiger charge is 2.43. The molecule has 1 atom stereocenters. The molecule has 0 radical (unpaired) electrons. The van der Waals surface area contributed by atoms with E-state index in [4.69, 9.17) is 5.73 Å². The van der Waals surface area contributed by atoms with Gasteiger partial charge in [0.25, 0.3) is 0 Å². The summed E-state index contributed by atoms with van der Waals surface area (Å²) in [5.74, 6) is -1.27. The van der Waals surface area contributed by atoms with Crippen molar-refractivity contribution >= 4 is 17.6 Å². The molecule has 19 heavy (non-hydrogen) atoms. The number of benzene rings is 1. The first-order valence-electron chi connectivity index (χ1n) is 6.16. The number of nitrogens with zero attached hydrogens (tertiary/aromatic N) is 1. The van der Waals surface area contributed by atoms with Crippen molar-refractivity contribution in [2.75, 3.05) is 11.4 Å². The molecule has 0 saturated carbocycles. The Labute approximate surface area is 112 Å². The number of aryl methyl sites for hydroxylation is 2. The highest BCUT2D eigenvalue weighted by Crippen LogP contribution is 2.35. The number of hydrogen-bond acceptors (Lipinski definition) is 3. The maximum atomic E-state index is 11.8. The second kappa shape index (κ2) is 4.35. The smallest absolute Gasteiger partial charge is 0.325 e. The van der Waals surface area contributed by atoms with E-state index in [1.807, 2.05) is 26.0 Å². The predicted octanol–water partition coefficient (Wildman–Crippen LogP) is 0.995. The van der Waals surface area contributed by atoms with Crippen LogP contribution >= 0.6 is 0 Å². The lowest BCUT2D eigenvalue weighted by Crippen LogP contribution is -2.61. The monoisotopic (exact) mass is 262 g/mol. The molecule has 5 nitrogen and oxygen atoms in total. The Bertz CT molecular complexity index is 568. The van der Waals surface area contributed by atoms with Crippen molar-refractivity contribution in [3.63, 3.8) is 0 Å². The molecule has 3 N–H and O–H groups in total. The average Bonchev–Trinajstić information content (AvgIpc) is 2.33. The van der Waals surface area contributed by atoms with Crippen LogP contribution in [0.2, 0.25) is 0 Å². The lowest BCUT2D eigenvalue weighted by atomic mass is 9.83. The van der Waals surface area contributed by atoms with Gasteiger partial charge in [0.15, 0.2) is 0 Å². The number of carboxylic acid groups (broad SMARTS) is 1. The molecule has 1 unspecified atom stereocenters. The predicted molar refractivity (Wildman–Crippen MR) is 72.2 cm³/mol. The molecule has 0 bridgehead atoms. The van der Waals surface area contributed by atoms with Gasteiger partial charge in [0.1, 0.15) is 5.54 Å². The molecule has 1 aromatic rings. The second-order valence-electron chi connectivity index (χ2n) is 5.27. The first kappa shape index (κ1) is 13.5. The van der Waals surface area contributed by atoms with E-state index in [1.165, 1.54) is 11.8 Å².